The van der Waals surface area contributed by atoms with Gasteiger partial charge in [0.1, 0.15) is 18.1 Å². The van der Waals surface area contributed by atoms with Crippen LogP contribution < -0.4 is 21.1 Å². The number of hydrazine groups is 1. The summed E-state index contributed by atoms with van der Waals surface area (Å²) in [6.07, 6.45) is -1.11. The van der Waals surface area contributed by atoms with Gasteiger partial charge in [0.15, 0.2) is 0 Å². The maximum atomic E-state index is 14.0. The molecule has 4 atom stereocenters. The molecule has 4 saturated heterocycles. The third kappa shape index (κ3) is 5.27. The molecular weight excluding hydrogens is 539 g/mol. The Balaban J connectivity index is 1.17. The molecule has 4 unspecified atom stereocenters. The molecule has 1 saturated carbocycles. The third-order valence-electron chi connectivity index (χ3n) is 9.74. The summed E-state index contributed by atoms with van der Waals surface area (Å²) in [6.45, 7) is 1.25. The number of fused-ring (bicyclic) bond motifs is 1. The van der Waals surface area contributed by atoms with Gasteiger partial charge >= 0.3 is 6.18 Å². The summed E-state index contributed by atoms with van der Waals surface area (Å²) in [5, 5.41) is 2.71. The molecule has 41 heavy (non-hydrogen) atoms. The van der Waals surface area contributed by atoms with E-state index in [1.54, 1.807) is 0 Å². The zero-order valence-electron chi connectivity index (χ0n) is 23.0. The number of carbonyl (C=O) groups is 3. The molecule has 10 nitrogen and oxygen atoms in total. The molecule has 1 spiro atoms. The number of nitrogens with zero attached hydrogens (tertiary/aromatic N) is 4. The van der Waals surface area contributed by atoms with Crippen LogP contribution in [0.4, 0.5) is 18.9 Å². The highest BCUT2D eigenvalue weighted by Gasteiger charge is 2.55. The van der Waals surface area contributed by atoms with E-state index in [1.807, 2.05) is 40.1 Å². The van der Waals surface area contributed by atoms with Gasteiger partial charge in [0.2, 0.25) is 11.8 Å². The summed E-state index contributed by atoms with van der Waals surface area (Å²) < 4.78 is 41.0. The second-order valence-electron chi connectivity index (χ2n) is 12.0. The molecule has 3 N–H and O–H groups in total. The molecule has 0 bridgehead atoms. The summed E-state index contributed by atoms with van der Waals surface area (Å²) in [5.74, 6) is -0.398. The van der Waals surface area contributed by atoms with Crippen molar-refractivity contribution in [2.45, 2.75) is 55.9 Å². The second kappa shape index (κ2) is 11.1. The number of alkyl halides is 3. The van der Waals surface area contributed by atoms with E-state index in [0.29, 0.717) is 37.9 Å². The maximum Gasteiger partial charge on any atom is 0.410 e. The molecule has 13 heteroatoms. The largest absolute Gasteiger partial charge is 0.410 e. The van der Waals surface area contributed by atoms with Crippen molar-refractivity contribution in [1.82, 2.24) is 30.9 Å². The SMILES string of the molecule is O=C(C1CCC2NNCC2C1)N1CCC2(CC1)C(=O)N(CC(=O)N1CCNCC1C(F)(F)F)CN2c1ccccc1. The van der Waals surface area contributed by atoms with Crippen molar-refractivity contribution in [3.8, 4) is 0 Å². The Labute approximate surface area is 237 Å². The number of piperidine rings is 1. The van der Waals surface area contributed by atoms with Gasteiger partial charge < -0.3 is 24.9 Å². The normalized spacial score (nSPS) is 30.2. The first-order chi connectivity index (χ1) is 19.7. The number of piperazine rings is 1. The van der Waals surface area contributed by atoms with Crippen LogP contribution in [0.3, 0.4) is 0 Å². The lowest BCUT2D eigenvalue weighted by Crippen LogP contribution is -2.61. The number of likely N-dealkylation sites (tertiary alicyclic amines) is 1. The molecule has 5 fully saturated rings. The van der Waals surface area contributed by atoms with Crippen LogP contribution in [-0.2, 0) is 14.4 Å². The van der Waals surface area contributed by atoms with Gasteiger partial charge in [-0.15, -0.1) is 0 Å². The molecule has 3 amide bonds. The van der Waals surface area contributed by atoms with Crippen molar-refractivity contribution in [3.63, 3.8) is 0 Å². The number of carbonyl (C=O) groups excluding carboxylic acids is 3. The highest BCUT2D eigenvalue weighted by molar-refractivity contribution is 5.96. The van der Waals surface area contributed by atoms with Gasteiger partial charge in [-0.3, -0.25) is 25.2 Å². The second-order valence-corrected chi connectivity index (χ2v) is 12.0. The predicted octanol–water partition coefficient (Wildman–Crippen LogP) is 0.909. The molecular formula is C28H38F3N7O3. The molecule has 1 aromatic carbocycles. The van der Waals surface area contributed by atoms with E-state index in [2.05, 4.69) is 16.2 Å². The van der Waals surface area contributed by atoms with Crippen LogP contribution in [0.2, 0.25) is 0 Å². The van der Waals surface area contributed by atoms with Gasteiger partial charge in [-0.2, -0.15) is 13.2 Å². The van der Waals surface area contributed by atoms with Gasteiger partial charge in [-0.1, -0.05) is 18.2 Å². The molecule has 4 heterocycles. The lowest BCUT2D eigenvalue weighted by molar-refractivity contribution is -0.192. The monoisotopic (exact) mass is 577 g/mol. The Morgan fingerprint density at radius 3 is 2.51 bits per heavy atom. The van der Waals surface area contributed by atoms with E-state index in [1.165, 1.54) is 4.90 Å². The number of anilines is 1. The highest BCUT2D eigenvalue weighted by atomic mass is 19.4. The molecule has 6 rings (SSSR count). The average molecular weight is 578 g/mol. The number of hydrogen-bond acceptors (Lipinski definition) is 7. The van der Waals surface area contributed by atoms with Crippen molar-refractivity contribution in [2.75, 3.05) is 57.4 Å². The zero-order chi connectivity index (χ0) is 28.8. The molecule has 4 aliphatic heterocycles. The Morgan fingerprint density at radius 1 is 1.02 bits per heavy atom. The smallest absolute Gasteiger partial charge is 0.342 e. The van der Waals surface area contributed by atoms with Crippen LogP contribution >= 0.6 is 0 Å². The number of rotatable bonds is 4. The van der Waals surface area contributed by atoms with Crippen LogP contribution in [0, 0.1) is 11.8 Å². The van der Waals surface area contributed by atoms with Crippen molar-refractivity contribution in [3.05, 3.63) is 30.3 Å². The fraction of sp³-hybridized carbons (Fsp3) is 0.679. The van der Waals surface area contributed by atoms with Crippen LogP contribution in [0.5, 0.6) is 0 Å². The number of nitrogens with one attached hydrogen (secondary N) is 3. The van der Waals surface area contributed by atoms with Crippen LogP contribution in [0.25, 0.3) is 0 Å². The minimum Gasteiger partial charge on any atom is -0.342 e. The minimum atomic E-state index is -4.56. The lowest BCUT2D eigenvalue weighted by Gasteiger charge is -2.44. The van der Waals surface area contributed by atoms with Crippen molar-refractivity contribution < 1.29 is 27.6 Å². The highest BCUT2D eigenvalue weighted by Crippen LogP contribution is 2.41. The molecule has 0 radical (unpaired) electrons. The molecule has 5 aliphatic rings. The van der Waals surface area contributed by atoms with Crippen molar-refractivity contribution >= 4 is 23.4 Å². The number of para-hydroxylation sites is 1. The van der Waals surface area contributed by atoms with E-state index in [-0.39, 0.29) is 44.0 Å². The molecule has 224 valence electrons. The van der Waals surface area contributed by atoms with Gasteiger partial charge in [0.05, 0.1) is 6.67 Å². The fourth-order valence-corrected chi connectivity index (χ4v) is 7.45. The van der Waals surface area contributed by atoms with Gasteiger partial charge in [0.25, 0.3) is 5.91 Å². The van der Waals surface area contributed by atoms with Crippen molar-refractivity contribution in [1.29, 1.82) is 0 Å². The number of benzene rings is 1. The Kier molecular flexibility index (Phi) is 7.62. The zero-order valence-corrected chi connectivity index (χ0v) is 23.0. The quantitative estimate of drug-likeness (QED) is 0.489. The number of hydrogen-bond donors (Lipinski definition) is 3. The van der Waals surface area contributed by atoms with E-state index in [4.69, 9.17) is 0 Å². The summed E-state index contributed by atoms with van der Waals surface area (Å²) in [4.78, 5) is 46.8. The van der Waals surface area contributed by atoms with Gasteiger partial charge in [0, 0.05) is 56.9 Å². The van der Waals surface area contributed by atoms with Crippen molar-refractivity contribution in [2.24, 2.45) is 11.8 Å². The third-order valence-corrected chi connectivity index (χ3v) is 9.74. The molecule has 1 aliphatic carbocycles. The number of amides is 3. The lowest BCUT2D eigenvalue weighted by atomic mass is 9.77. The summed E-state index contributed by atoms with van der Waals surface area (Å²) in [5.41, 5.74) is 6.35. The van der Waals surface area contributed by atoms with E-state index < -0.39 is 30.2 Å². The summed E-state index contributed by atoms with van der Waals surface area (Å²) in [6, 6.07) is 7.92. The van der Waals surface area contributed by atoms with Crippen LogP contribution in [0.1, 0.15) is 32.1 Å². The predicted molar refractivity (Wildman–Crippen MR) is 144 cm³/mol. The Bertz CT molecular complexity index is 1140. The first-order valence-electron chi connectivity index (χ1n) is 14.6. The molecule has 1 aromatic rings. The standard InChI is InChI=1S/C28H38F3N7O3/c29-28(30,31)23-16-32-10-13-37(23)24(39)17-36-18-38(21-4-2-1-3-5-21)27(26(36)41)8-11-35(12-9-27)25(40)19-6-7-22-20(14-19)15-33-34-22/h1-5,19-20,22-23,32-34H,6-18H2. The summed E-state index contributed by atoms with van der Waals surface area (Å²) in [7, 11) is 0. The van der Waals surface area contributed by atoms with Gasteiger partial charge in [-0.05, 0) is 50.2 Å². The first kappa shape index (κ1) is 28.2. The first-order valence-corrected chi connectivity index (χ1v) is 14.6. The molecule has 0 aromatic heterocycles. The van der Waals surface area contributed by atoms with E-state index in [9.17, 15) is 27.6 Å². The Hall–Kier alpha value is -2.90. The van der Waals surface area contributed by atoms with E-state index >= 15 is 0 Å². The van der Waals surface area contributed by atoms with Gasteiger partial charge in [-0.25, -0.2) is 0 Å². The number of halogens is 3. The minimum absolute atomic E-state index is 0.0220. The maximum absolute atomic E-state index is 14.0. The fourth-order valence-electron chi connectivity index (χ4n) is 7.45. The van der Waals surface area contributed by atoms with E-state index in [0.717, 1.165) is 36.4 Å². The summed E-state index contributed by atoms with van der Waals surface area (Å²) >= 11 is 0. The average Bonchev–Trinajstić information content (AvgIpc) is 3.56. The van der Waals surface area contributed by atoms with Crippen LogP contribution in [-0.4, -0.2) is 109 Å². The topological polar surface area (TPSA) is 100 Å². The van der Waals surface area contributed by atoms with Crippen LogP contribution in [0.15, 0.2) is 30.3 Å². The Morgan fingerprint density at radius 2 is 1.78 bits per heavy atom.